The van der Waals surface area contributed by atoms with Crippen LogP contribution in [0.3, 0.4) is 0 Å². The van der Waals surface area contributed by atoms with Crippen molar-refractivity contribution in [2.24, 2.45) is 16.7 Å². The lowest BCUT2D eigenvalue weighted by atomic mass is 9.70. The van der Waals surface area contributed by atoms with Gasteiger partial charge < -0.3 is 5.11 Å². The Morgan fingerprint density at radius 2 is 2.00 bits per heavy atom. The van der Waals surface area contributed by atoms with E-state index in [0.717, 1.165) is 0 Å². The van der Waals surface area contributed by atoms with E-state index in [1.807, 2.05) is 6.92 Å². The Labute approximate surface area is 73.0 Å². The van der Waals surface area contributed by atoms with Gasteiger partial charge in [-0.05, 0) is 11.8 Å². The van der Waals surface area contributed by atoms with Gasteiger partial charge in [0.1, 0.15) is 5.78 Å². The van der Waals surface area contributed by atoms with Crippen LogP contribution < -0.4 is 0 Å². The minimum absolute atomic E-state index is 0.00347. The molecule has 2 nitrogen and oxygen atoms in total. The van der Waals surface area contributed by atoms with Crippen molar-refractivity contribution >= 4 is 5.78 Å². The third-order valence-corrected chi connectivity index (χ3v) is 4.47. The largest absolute Gasteiger partial charge is 0.393 e. The maximum Gasteiger partial charge on any atom is 0.137 e. The summed E-state index contributed by atoms with van der Waals surface area (Å²) in [5, 5.41) is 9.78. The summed E-state index contributed by atoms with van der Waals surface area (Å²) in [7, 11) is 0. The normalized spacial score (nSPS) is 50.2. The summed E-state index contributed by atoms with van der Waals surface area (Å²) in [5.41, 5.74) is -0.155. The summed E-state index contributed by atoms with van der Waals surface area (Å²) < 4.78 is 0. The number of ketones is 1. The minimum atomic E-state index is -0.268. The van der Waals surface area contributed by atoms with E-state index in [4.69, 9.17) is 0 Å². The van der Waals surface area contributed by atoms with Crippen molar-refractivity contribution in [2.45, 2.75) is 39.7 Å². The molecule has 68 valence electrons. The lowest BCUT2D eigenvalue weighted by molar-refractivity contribution is -0.124. The Morgan fingerprint density at radius 1 is 1.42 bits per heavy atom. The third kappa shape index (κ3) is 0.634. The number of Topliss-reactive ketones (excluding diaryl/α,β-unsaturated/α-hetero) is 1. The monoisotopic (exact) mass is 168 g/mol. The molecule has 0 amide bonds. The molecule has 2 aliphatic rings. The first-order chi connectivity index (χ1) is 5.39. The van der Waals surface area contributed by atoms with Gasteiger partial charge in [-0.1, -0.05) is 20.8 Å². The molecule has 0 spiro atoms. The molecule has 2 aliphatic carbocycles. The molecule has 12 heavy (non-hydrogen) atoms. The second-order valence-corrected chi connectivity index (χ2v) is 5.09. The van der Waals surface area contributed by atoms with E-state index in [9.17, 15) is 9.90 Å². The van der Waals surface area contributed by atoms with Crippen molar-refractivity contribution in [3.05, 3.63) is 0 Å². The van der Waals surface area contributed by atoms with Crippen LogP contribution in [0.5, 0.6) is 0 Å². The van der Waals surface area contributed by atoms with Gasteiger partial charge in [-0.15, -0.1) is 0 Å². The molecule has 3 atom stereocenters. The molecule has 0 aromatic rings. The Bertz CT molecular complexity index is 244. The van der Waals surface area contributed by atoms with Gasteiger partial charge in [-0.25, -0.2) is 0 Å². The number of carbonyl (C=O) groups is 1. The summed E-state index contributed by atoms with van der Waals surface area (Å²) in [5.74, 6) is 0.463. The molecule has 0 aliphatic heterocycles. The number of rotatable bonds is 0. The van der Waals surface area contributed by atoms with E-state index in [1.54, 1.807) is 0 Å². The zero-order chi connectivity index (χ0) is 9.15. The van der Waals surface area contributed by atoms with Crippen LogP contribution in [-0.2, 0) is 4.79 Å². The Balaban J connectivity index is 2.47. The molecule has 1 N–H and O–H groups in total. The summed E-state index contributed by atoms with van der Waals surface area (Å²) in [6, 6.07) is 0. The fourth-order valence-corrected chi connectivity index (χ4v) is 2.97. The van der Waals surface area contributed by atoms with Crippen LogP contribution in [0.15, 0.2) is 0 Å². The van der Waals surface area contributed by atoms with E-state index in [-0.39, 0.29) is 22.9 Å². The highest BCUT2D eigenvalue weighted by molar-refractivity contribution is 5.87. The van der Waals surface area contributed by atoms with Crippen LogP contribution in [0, 0.1) is 16.7 Å². The van der Waals surface area contributed by atoms with E-state index in [1.165, 1.54) is 0 Å². The predicted molar refractivity (Wildman–Crippen MR) is 45.6 cm³/mol. The van der Waals surface area contributed by atoms with E-state index >= 15 is 0 Å². The highest BCUT2D eigenvalue weighted by Crippen LogP contribution is 2.63. The molecule has 0 saturated heterocycles. The molecule has 0 aromatic heterocycles. The second-order valence-electron chi connectivity index (χ2n) is 5.09. The lowest BCUT2D eigenvalue weighted by Crippen LogP contribution is -2.35. The maximum atomic E-state index is 11.5. The summed E-state index contributed by atoms with van der Waals surface area (Å²) >= 11 is 0. The Morgan fingerprint density at radius 3 is 2.25 bits per heavy atom. The van der Waals surface area contributed by atoms with Gasteiger partial charge in [0.05, 0.1) is 6.10 Å². The predicted octanol–water partition coefficient (Wildman–Crippen LogP) is 1.37. The van der Waals surface area contributed by atoms with E-state index in [0.29, 0.717) is 18.6 Å². The van der Waals surface area contributed by atoms with E-state index < -0.39 is 0 Å². The van der Waals surface area contributed by atoms with Crippen LogP contribution >= 0.6 is 0 Å². The quantitative estimate of drug-likeness (QED) is 0.593. The SMILES string of the molecule is CC1(C)C2C[C@@H](O)C1(C)CC2=O. The molecule has 2 unspecified atom stereocenters. The number of carbonyl (C=O) groups excluding carboxylic acids is 1. The molecule has 2 rings (SSSR count). The van der Waals surface area contributed by atoms with E-state index in [2.05, 4.69) is 13.8 Å². The number of hydrogen-bond donors (Lipinski definition) is 1. The van der Waals surface area contributed by atoms with Crippen LogP contribution in [0.25, 0.3) is 0 Å². The first-order valence-corrected chi connectivity index (χ1v) is 4.60. The zero-order valence-electron chi connectivity index (χ0n) is 7.92. The molecule has 2 fully saturated rings. The summed E-state index contributed by atoms with van der Waals surface area (Å²) in [4.78, 5) is 11.5. The zero-order valence-corrected chi connectivity index (χ0v) is 7.92. The van der Waals surface area contributed by atoms with Crippen molar-refractivity contribution in [1.82, 2.24) is 0 Å². The molecule has 2 heteroatoms. The number of fused-ring (bicyclic) bond motifs is 2. The van der Waals surface area contributed by atoms with Gasteiger partial charge in [-0.3, -0.25) is 4.79 Å². The van der Waals surface area contributed by atoms with Gasteiger partial charge in [0.25, 0.3) is 0 Å². The Kier molecular flexibility index (Phi) is 1.32. The van der Waals surface area contributed by atoms with Crippen molar-refractivity contribution in [3.63, 3.8) is 0 Å². The van der Waals surface area contributed by atoms with Crippen LogP contribution in [-0.4, -0.2) is 17.0 Å². The fraction of sp³-hybridized carbons (Fsp3) is 0.900. The Hall–Kier alpha value is -0.370. The van der Waals surface area contributed by atoms with Crippen molar-refractivity contribution in [1.29, 1.82) is 0 Å². The molecule has 0 aromatic carbocycles. The highest BCUT2D eigenvalue weighted by Gasteiger charge is 2.65. The van der Waals surface area contributed by atoms with Crippen LogP contribution in [0.2, 0.25) is 0 Å². The van der Waals surface area contributed by atoms with Gasteiger partial charge in [-0.2, -0.15) is 0 Å². The highest BCUT2D eigenvalue weighted by atomic mass is 16.3. The molecule has 2 saturated carbocycles. The topological polar surface area (TPSA) is 37.3 Å². The number of aliphatic hydroxyl groups excluding tert-OH is 1. The number of hydrogen-bond acceptors (Lipinski definition) is 2. The van der Waals surface area contributed by atoms with Gasteiger partial charge in [0.15, 0.2) is 0 Å². The van der Waals surface area contributed by atoms with Gasteiger partial charge in [0, 0.05) is 17.8 Å². The number of aliphatic hydroxyl groups is 1. The first-order valence-electron chi connectivity index (χ1n) is 4.60. The maximum absolute atomic E-state index is 11.5. The molecule has 0 radical (unpaired) electrons. The molecular weight excluding hydrogens is 152 g/mol. The lowest BCUT2D eigenvalue weighted by Gasteiger charge is -2.35. The minimum Gasteiger partial charge on any atom is -0.393 e. The fourth-order valence-electron chi connectivity index (χ4n) is 2.97. The molecular formula is C10H16O2. The van der Waals surface area contributed by atoms with Crippen molar-refractivity contribution in [2.75, 3.05) is 0 Å². The van der Waals surface area contributed by atoms with Gasteiger partial charge >= 0.3 is 0 Å². The van der Waals surface area contributed by atoms with Crippen molar-refractivity contribution < 1.29 is 9.90 Å². The molecule has 2 bridgehead atoms. The second kappa shape index (κ2) is 1.92. The first kappa shape index (κ1) is 8.24. The average molecular weight is 168 g/mol. The van der Waals surface area contributed by atoms with Gasteiger partial charge in [0.2, 0.25) is 0 Å². The van der Waals surface area contributed by atoms with Crippen molar-refractivity contribution in [3.8, 4) is 0 Å². The summed E-state index contributed by atoms with van der Waals surface area (Å²) in [6.45, 7) is 6.26. The molecule has 0 heterocycles. The third-order valence-electron chi connectivity index (χ3n) is 4.47. The summed E-state index contributed by atoms with van der Waals surface area (Å²) in [6.07, 6.45) is 0.990. The standard InChI is InChI=1S/C10H16O2/c1-9(2)6-4-8(12)10(9,3)5-7(6)11/h6,8,12H,4-5H2,1-3H3/t6?,8-,10?/m1/s1. The van der Waals surface area contributed by atoms with Crippen LogP contribution in [0.1, 0.15) is 33.6 Å². The smallest absolute Gasteiger partial charge is 0.137 e. The van der Waals surface area contributed by atoms with Crippen LogP contribution in [0.4, 0.5) is 0 Å². The average Bonchev–Trinajstić information content (AvgIpc) is 2.18.